The molecular weight excluding hydrogens is 384 g/mol. The number of rotatable bonds is 7. The third-order valence-corrected chi connectivity index (χ3v) is 5.09. The Kier molecular flexibility index (Phi) is 6.34. The Morgan fingerprint density at radius 3 is 2.77 bits per heavy atom. The van der Waals surface area contributed by atoms with Crippen LogP contribution < -0.4 is 4.74 Å². The van der Waals surface area contributed by atoms with Gasteiger partial charge < -0.3 is 18.9 Å². The zero-order valence-electron chi connectivity index (χ0n) is 16.9. The van der Waals surface area contributed by atoms with Crippen molar-refractivity contribution in [3.8, 4) is 17.1 Å². The van der Waals surface area contributed by atoms with Crippen LogP contribution in [0.4, 0.5) is 0 Å². The molecule has 1 aromatic carbocycles. The van der Waals surface area contributed by atoms with Crippen molar-refractivity contribution >= 4 is 5.91 Å². The van der Waals surface area contributed by atoms with Crippen molar-refractivity contribution in [1.29, 1.82) is 0 Å². The molecule has 0 spiro atoms. The van der Waals surface area contributed by atoms with E-state index in [0.717, 1.165) is 36.3 Å². The fourth-order valence-electron chi connectivity index (χ4n) is 3.45. The minimum atomic E-state index is -0.0464. The average Bonchev–Trinajstić information content (AvgIpc) is 3.28. The average molecular weight is 408 g/mol. The molecule has 0 aliphatic carbocycles. The first-order valence-electron chi connectivity index (χ1n) is 9.96. The molecule has 8 nitrogen and oxygen atoms in total. The van der Waals surface area contributed by atoms with Gasteiger partial charge in [0.1, 0.15) is 12.4 Å². The first-order chi connectivity index (χ1) is 14.7. The lowest BCUT2D eigenvalue weighted by Gasteiger charge is -2.32. The molecule has 4 rings (SSSR count). The Morgan fingerprint density at radius 2 is 2.00 bits per heavy atom. The predicted octanol–water partition coefficient (Wildman–Crippen LogP) is 2.89. The van der Waals surface area contributed by atoms with Gasteiger partial charge in [0.25, 0.3) is 5.89 Å². The molecule has 8 heteroatoms. The smallest absolute Gasteiger partial charge is 0.252 e. The number of amides is 1. The van der Waals surface area contributed by atoms with Crippen LogP contribution in [0.15, 0.2) is 53.3 Å². The number of carbonyl (C=O) groups is 1. The maximum atomic E-state index is 12.7. The number of ether oxygens (including phenoxy) is 2. The van der Waals surface area contributed by atoms with E-state index in [1.54, 1.807) is 19.5 Å². The summed E-state index contributed by atoms with van der Waals surface area (Å²) in [5.74, 6) is 1.82. The van der Waals surface area contributed by atoms with Gasteiger partial charge in [0.05, 0.1) is 19.6 Å². The molecule has 0 radical (unpaired) electrons. The summed E-state index contributed by atoms with van der Waals surface area (Å²) in [5.41, 5.74) is 1.81. The van der Waals surface area contributed by atoms with Crippen molar-refractivity contribution in [1.82, 2.24) is 20.0 Å². The normalized spacial score (nSPS) is 16.4. The summed E-state index contributed by atoms with van der Waals surface area (Å²) in [6.45, 7) is 1.55. The minimum Gasteiger partial charge on any atom is -0.497 e. The molecule has 1 atom stereocenters. The van der Waals surface area contributed by atoms with E-state index in [2.05, 4.69) is 15.1 Å². The molecule has 156 valence electrons. The van der Waals surface area contributed by atoms with Crippen molar-refractivity contribution in [3.05, 3.63) is 60.2 Å². The summed E-state index contributed by atoms with van der Waals surface area (Å²) in [6.07, 6.45) is 5.50. The van der Waals surface area contributed by atoms with Crippen molar-refractivity contribution in [2.24, 2.45) is 0 Å². The molecule has 2 aromatic heterocycles. The summed E-state index contributed by atoms with van der Waals surface area (Å²) in [7, 11) is 1.63. The van der Waals surface area contributed by atoms with Gasteiger partial charge in [-0.1, -0.05) is 17.3 Å². The van der Waals surface area contributed by atoms with Crippen LogP contribution in [0.2, 0.25) is 0 Å². The lowest BCUT2D eigenvalue weighted by molar-refractivity contribution is -0.135. The van der Waals surface area contributed by atoms with Gasteiger partial charge in [-0.15, -0.1) is 0 Å². The zero-order valence-corrected chi connectivity index (χ0v) is 16.9. The number of methoxy groups -OCH3 is 1. The van der Waals surface area contributed by atoms with Gasteiger partial charge in [0.15, 0.2) is 0 Å². The molecule has 3 heterocycles. The third kappa shape index (κ3) is 5.01. The Balaban J connectivity index is 1.28. The molecule has 1 unspecified atom stereocenters. The van der Waals surface area contributed by atoms with Crippen LogP contribution in [-0.4, -0.2) is 52.2 Å². The van der Waals surface area contributed by atoms with E-state index in [4.69, 9.17) is 14.0 Å². The Bertz CT molecular complexity index is 959. The lowest BCUT2D eigenvalue weighted by atomic mass is 10.1. The Morgan fingerprint density at radius 1 is 1.20 bits per heavy atom. The van der Waals surface area contributed by atoms with E-state index >= 15 is 0 Å². The lowest BCUT2D eigenvalue weighted by Crippen LogP contribution is -2.43. The first-order valence-corrected chi connectivity index (χ1v) is 9.96. The molecular formula is C22H24N4O4. The fraction of sp³-hybridized carbons (Fsp3) is 0.364. The van der Waals surface area contributed by atoms with E-state index < -0.39 is 0 Å². The van der Waals surface area contributed by atoms with Gasteiger partial charge in [-0.3, -0.25) is 9.78 Å². The van der Waals surface area contributed by atoms with Gasteiger partial charge in [-0.2, -0.15) is 4.98 Å². The standard InChI is InChI=1S/C22H24N4O4/c1-28-18-6-4-16(5-7-18)13-21(27)26-12-2-3-19(14-26)29-15-20-24-22(25-30-20)17-8-10-23-11-9-17/h4-11,19H,2-3,12-15H2,1H3. The van der Waals surface area contributed by atoms with Crippen LogP contribution in [0.25, 0.3) is 11.4 Å². The molecule has 3 aromatic rings. The number of benzene rings is 1. The summed E-state index contributed by atoms with van der Waals surface area (Å²) >= 11 is 0. The zero-order chi connectivity index (χ0) is 20.8. The maximum Gasteiger partial charge on any atom is 0.252 e. The number of nitrogens with zero attached hydrogens (tertiary/aromatic N) is 4. The number of likely N-dealkylation sites (tertiary alicyclic amines) is 1. The highest BCUT2D eigenvalue weighted by Crippen LogP contribution is 2.19. The predicted molar refractivity (Wildman–Crippen MR) is 109 cm³/mol. The number of hydrogen-bond donors (Lipinski definition) is 0. The second-order valence-corrected chi connectivity index (χ2v) is 7.19. The summed E-state index contributed by atoms with van der Waals surface area (Å²) in [5, 5.41) is 3.99. The van der Waals surface area contributed by atoms with Gasteiger partial charge in [0, 0.05) is 31.0 Å². The quantitative estimate of drug-likeness (QED) is 0.594. The largest absolute Gasteiger partial charge is 0.497 e. The van der Waals surface area contributed by atoms with Crippen LogP contribution >= 0.6 is 0 Å². The Labute approximate surface area is 174 Å². The van der Waals surface area contributed by atoms with Gasteiger partial charge in [0.2, 0.25) is 11.7 Å². The van der Waals surface area contributed by atoms with Crippen LogP contribution in [0, 0.1) is 0 Å². The summed E-state index contributed by atoms with van der Waals surface area (Å²) in [4.78, 5) is 22.9. The van der Waals surface area contributed by atoms with E-state index in [1.807, 2.05) is 41.3 Å². The number of aromatic nitrogens is 3. The van der Waals surface area contributed by atoms with Crippen LogP contribution in [0.1, 0.15) is 24.3 Å². The number of carbonyl (C=O) groups excluding carboxylic acids is 1. The molecule has 1 amide bonds. The van der Waals surface area contributed by atoms with Crippen molar-refractivity contribution < 1.29 is 18.8 Å². The van der Waals surface area contributed by atoms with Gasteiger partial charge >= 0.3 is 0 Å². The van der Waals surface area contributed by atoms with E-state index in [-0.39, 0.29) is 18.6 Å². The number of hydrogen-bond acceptors (Lipinski definition) is 7. The van der Waals surface area contributed by atoms with Crippen molar-refractivity contribution in [3.63, 3.8) is 0 Å². The van der Waals surface area contributed by atoms with Crippen LogP contribution in [-0.2, 0) is 22.6 Å². The number of pyridine rings is 1. The third-order valence-electron chi connectivity index (χ3n) is 5.09. The van der Waals surface area contributed by atoms with Gasteiger partial charge in [-0.05, 0) is 42.7 Å². The van der Waals surface area contributed by atoms with Crippen LogP contribution in [0.5, 0.6) is 5.75 Å². The molecule has 1 aliphatic heterocycles. The van der Waals surface area contributed by atoms with E-state index in [1.165, 1.54) is 0 Å². The second kappa shape index (κ2) is 9.49. The fourth-order valence-corrected chi connectivity index (χ4v) is 3.45. The highest BCUT2D eigenvalue weighted by molar-refractivity contribution is 5.79. The molecule has 1 aliphatic rings. The van der Waals surface area contributed by atoms with Crippen molar-refractivity contribution in [2.45, 2.75) is 32.0 Å². The topological polar surface area (TPSA) is 90.6 Å². The van der Waals surface area contributed by atoms with Crippen molar-refractivity contribution in [2.75, 3.05) is 20.2 Å². The number of piperidine rings is 1. The molecule has 1 saturated heterocycles. The maximum absolute atomic E-state index is 12.7. The second-order valence-electron chi connectivity index (χ2n) is 7.19. The Hall–Kier alpha value is -3.26. The van der Waals surface area contributed by atoms with Gasteiger partial charge in [-0.25, -0.2) is 0 Å². The van der Waals surface area contributed by atoms with Crippen LogP contribution in [0.3, 0.4) is 0 Å². The molecule has 0 saturated carbocycles. The molecule has 1 fully saturated rings. The molecule has 30 heavy (non-hydrogen) atoms. The van der Waals surface area contributed by atoms with E-state index in [0.29, 0.717) is 24.7 Å². The SMILES string of the molecule is COc1ccc(CC(=O)N2CCCC(OCc3nc(-c4ccncc4)no3)C2)cc1. The first kappa shape index (κ1) is 20.0. The molecule has 0 N–H and O–H groups in total. The summed E-state index contributed by atoms with van der Waals surface area (Å²) in [6, 6.07) is 11.2. The minimum absolute atomic E-state index is 0.0464. The summed E-state index contributed by atoms with van der Waals surface area (Å²) < 4.78 is 16.4. The highest BCUT2D eigenvalue weighted by Gasteiger charge is 2.25. The molecule has 0 bridgehead atoms. The monoisotopic (exact) mass is 408 g/mol. The van der Waals surface area contributed by atoms with E-state index in [9.17, 15) is 4.79 Å². The highest BCUT2D eigenvalue weighted by atomic mass is 16.5.